The van der Waals surface area contributed by atoms with Crippen molar-refractivity contribution in [2.45, 2.75) is 45.1 Å². The van der Waals surface area contributed by atoms with E-state index in [1.54, 1.807) is 0 Å². The zero-order valence-electron chi connectivity index (χ0n) is 11.0. The van der Waals surface area contributed by atoms with E-state index in [0.717, 1.165) is 13.8 Å². The zero-order chi connectivity index (χ0) is 15.2. The van der Waals surface area contributed by atoms with Crippen molar-refractivity contribution in [2.75, 3.05) is 6.61 Å². The van der Waals surface area contributed by atoms with E-state index in [1.165, 1.54) is 6.92 Å². The van der Waals surface area contributed by atoms with E-state index in [0.29, 0.717) is 5.12 Å². The van der Waals surface area contributed by atoms with E-state index in [9.17, 15) is 24.9 Å². The Bertz CT molecular complexity index is 314. The van der Waals surface area contributed by atoms with Gasteiger partial charge in [-0.1, -0.05) is 0 Å². The molecule has 0 unspecified atom stereocenters. The molecule has 9 nitrogen and oxygen atoms in total. The van der Waals surface area contributed by atoms with Gasteiger partial charge in [-0.25, -0.2) is 5.43 Å². The average Bonchev–Trinajstić information content (AvgIpc) is 2.34. The number of nitrogens with zero attached hydrogens (tertiary/aromatic N) is 2. The summed E-state index contributed by atoms with van der Waals surface area (Å²) in [5.74, 6) is -1.22. The summed E-state index contributed by atoms with van der Waals surface area (Å²) in [5.41, 5.74) is 5.75. The molecule has 0 heterocycles. The van der Waals surface area contributed by atoms with Gasteiger partial charge < -0.3 is 20.4 Å². The molecular weight excluding hydrogens is 258 g/mol. The summed E-state index contributed by atoms with van der Waals surface area (Å²) in [4.78, 5) is 22.0. The summed E-state index contributed by atoms with van der Waals surface area (Å²) in [5, 5.41) is 37.7. The Morgan fingerprint density at radius 2 is 1.74 bits per heavy atom. The Morgan fingerprint density at radius 3 is 2.11 bits per heavy atom. The molecule has 111 valence electrons. The number of aliphatic hydroxyl groups excluding tert-OH is 4. The van der Waals surface area contributed by atoms with Crippen molar-refractivity contribution in [1.82, 2.24) is 16.0 Å². The smallest absolute Gasteiger partial charge is 0.261 e. The molecule has 19 heavy (non-hydrogen) atoms. The van der Waals surface area contributed by atoms with Crippen LogP contribution in [0, 0.1) is 0 Å². The third kappa shape index (κ3) is 5.94. The molecule has 0 aliphatic heterocycles. The molecule has 0 aromatic heterocycles. The van der Waals surface area contributed by atoms with E-state index in [-0.39, 0.29) is 0 Å². The normalized spacial score (nSPS) is 17.2. The molecule has 0 aromatic rings. The van der Waals surface area contributed by atoms with Crippen LogP contribution in [0.4, 0.5) is 0 Å². The Kier molecular flexibility index (Phi) is 7.49. The molecule has 9 heteroatoms. The third-order valence-corrected chi connectivity index (χ3v) is 2.31. The van der Waals surface area contributed by atoms with Crippen molar-refractivity contribution in [1.29, 1.82) is 0 Å². The van der Waals surface area contributed by atoms with Gasteiger partial charge in [0.05, 0.1) is 18.8 Å². The number of carbonyl (C=O) groups is 2. The Balaban J connectivity index is 4.58. The summed E-state index contributed by atoms with van der Waals surface area (Å²) in [6.07, 6.45) is -4.61. The van der Waals surface area contributed by atoms with Crippen molar-refractivity contribution < 1.29 is 30.0 Å². The van der Waals surface area contributed by atoms with Gasteiger partial charge in [0.25, 0.3) is 11.8 Å². The number of hydrazine groups is 1. The lowest BCUT2D eigenvalue weighted by molar-refractivity contribution is -0.147. The lowest BCUT2D eigenvalue weighted by atomic mass is 10.0. The number of rotatable bonds is 6. The van der Waals surface area contributed by atoms with Crippen molar-refractivity contribution in [3.8, 4) is 0 Å². The minimum Gasteiger partial charge on any atom is -0.394 e. The summed E-state index contributed by atoms with van der Waals surface area (Å²) in [6.45, 7) is 2.98. The molecule has 0 saturated heterocycles. The van der Waals surface area contributed by atoms with E-state index >= 15 is 0 Å². The third-order valence-electron chi connectivity index (χ3n) is 2.31. The van der Waals surface area contributed by atoms with Crippen molar-refractivity contribution in [3.63, 3.8) is 0 Å². The summed E-state index contributed by atoms with van der Waals surface area (Å²) >= 11 is 0. The first-order chi connectivity index (χ1) is 8.70. The molecular formula is C10H20N3O6. The van der Waals surface area contributed by atoms with Gasteiger partial charge in [-0.3, -0.25) is 9.59 Å². The maximum atomic E-state index is 11.2. The fraction of sp³-hybridized carbons (Fsp3) is 0.800. The van der Waals surface area contributed by atoms with Gasteiger partial charge in [0, 0.05) is 13.8 Å². The van der Waals surface area contributed by atoms with Crippen molar-refractivity contribution in [3.05, 3.63) is 0 Å². The molecule has 1 radical (unpaired) electrons. The highest BCUT2D eigenvalue weighted by atomic mass is 16.4. The molecule has 4 atom stereocenters. The standard InChI is InChI=1S/C10H20N3O6/c1-5(9(18)10(19)8(17)4-14)11-13(7(3)16)12-6(2)15/h5,8-11,14,17-19H,4H2,1-3H3/t5-,8-,9-,10-/m1/s1. The number of nitrogens with one attached hydrogen (secondary N) is 1. The lowest BCUT2D eigenvalue weighted by Crippen LogP contribution is -2.58. The summed E-state index contributed by atoms with van der Waals surface area (Å²) in [7, 11) is 0. The molecule has 2 amide bonds. The van der Waals surface area contributed by atoms with Crippen LogP contribution < -0.4 is 10.9 Å². The maximum Gasteiger partial charge on any atom is 0.261 e. The van der Waals surface area contributed by atoms with Crippen molar-refractivity contribution in [2.24, 2.45) is 0 Å². The van der Waals surface area contributed by atoms with Gasteiger partial charge in [-0.2, -0.15) is 5.12 Å². The number of amides is 2. The predicted octanol–water partition coefficient (Wildman–Crippen LogP) is -3.13. The molecule has 0 bridgehead atoms. The number of hydrogen-bond donors (Lipinski definition) is 5. The maximum absolute atomic E-state index is 11.2. The fourth-order valence-electron chi connectivity index (χ4n) is 1.23. The van der Waals surface area contributed by atoms with Crippen molar-refractivity contribution >= 4 is 11.8 Å². The van der Waals surface area contributed by atoms with E-state index in [1.807, 2.05) is 0 Å². The second kappa shape index (κ2) is 8.02. The molecule has 0 aromatic carbocycles. The topological polar surface area (TPSA) is 144 Å². The van der Waals surface area contributed by atoms with Crippen LogP contribution in [0.2, 0.25) is 0 Å². The van der Waals surface area contributed by atoms with E-state index in [4.69, 9.17) is 5.11 Å². The molecule has 0 rings (SSSR count). The van der Waals surface area contributed by atoms with Crippen LogP contribution in [0.15, 0.2) is 0 Å². The SMILES string of the molecule is CC(=O)[N]N(N[C@H](C)[C@@H](O)[C@H](O)[C@H](O)CO)C(C)=O. The van der Waals surface area contributed by atoms with Crippen LogP contribution in [0.3, 0.4) is 0 Å². The van der Waals surface area contributed by atoms with Gasteiger partial charge in [0.1, 0.15) is 12.2 Å². The van der Waals surface area contributed by atoms with Crippen LogP contribution in [0.25, 0.3) is 0 Å². The number of aliphatic hydroxyl groups is 4. The second-order valence-electron chi connectivity index (χ2n) is 4.10. The highest BCUT2D eigenvalue weighted by molar-refractivity contribution is 5.78. The molecule has 0 fully saturated rings. The molecule has 0 aliphatic rings. The first kappa shape index (κ1) is 17.7. The van der Waals surface area contributed by atoms with Gasteiger partial charge in [0.2, 0.25) is 0 Å². The highest BCUT2D eigenvalue weighted by Gasteiger charge is 2.30. The van der Waals surface area contributed by atoms with Crippen LogP contribution in [0.1, 0.15) is 20.8 Å². The first-order valence-corrected chi connectivity index (χ1v) is 5.64. The van der Waals surface area contributed by atoms with Gasteiger partial charge >= 0.3 is 0 Å². The highest BCUT2D eigenvalue weighted by Crippen LogP contribution is 2.05. The quantitative estimate of drug-likeness (QED) is 0.323. The van der Waals surface area contributed by atoms with Gasteiger partial charge in [0.15, 0.2) is 0 Å². The zero-order valence-corrected chi connectivity index (χ0v) is 11.0. The van der Waals surface area contributed by atoms with Crippen LogP contribution in [0.5, 0.6) is 0 Å². The second-order valence-corrected chi connectivity index (χ2v) is 4.10. The van der Waals surface area contributed by atoms with Gasteiger partial charge in [-0.15, -0.1) is 5.43 Å². The molecule has 0 saturated carbocycles. The minimum atomic E-state index is -1.61. The molecule has 0 aliphatic carbocycles. The number of carbonyl (C=O) groups excluding carboxylic acids is 2. The number of hydrogen-bond acceptors (Lipinski definition) is 7. The Morgan fingerprint density at radius 1 is 1.21 bits per heavy atom. The van der Waals surface area contributed by atoms with E-state index < -0.39 is 42.8 Å². The van der Waals surface area contributed by atoms with Crippen LogP contribution in [-0.4, -0.2) is 68.3 Å². The minimum absolute atomic E-state index is 0.591. The average molecular weight is 278 g/mol. The first-order valence-electron chi connectivity index (χ1n) is 5.64. The largest absolute Gasteiger partial charge is 0.394 e. The van der Waals surface area contributed by atoms with Crippen LogP contribution >= 0.6 is 0 Å². The predicted molar refractivity (Wildman–Crippen MR) is 63.0 cm³/mol. The Hall–Kier alpha value is -1.26. The molecule has 0 spiro atoms. The fourth-order valence-corrected chi connectivity index (χ4v) is 1.23. The Labute approximate surface area is 110 Å². The van der Waals surface area contributed by atoms with Crippen LogP contribution in [-0.2, 0) is 9.59 Å². The summed E-state index contributed by atoms with van der Waals surface area (Å²) < 4.78 is 0. The van der Waals surface area contributed by atoms with E-state index in [2.05, 4.69) is 10.9 Å². The molecule has 5 N–H and O–H groups in total. The van der Waals surface area contributed by atoms with Gasteiger partial charge in [-0.05, 0) is 6.92 Å². The summed E-state index contributed by atoms with van der Waals surface area (Å²) in [6, 6.07) is -0.900. The lowest BCUT2D eigenvalue weighted by Gasteiger charge is -2.30. The monoisotopic (exact) mass is 278 g/mol.